The largest absolute Gasteiger partial charge is 0.508 e. The molecule has 0 aliphatic heterocycles. The van der Waals surface area contributed by atoms with Gasteiger partial charge in [-0.2, -0.15) is 0 Å². The SMILES string of the molecule is Cn1cccc1-c1c(-c2ccc(O)cc2)csc1/C(N)=N/O. The van der Waals surface area contributed by atoms with Crippen LogP contribution in [0.1, 0.15) is 4.88 Å². The number of rotatable bonds is 3. The lowest BCUT2D eigenvalue weighted by Crippen LogP contribution is -2.12. The van der Waals surface area contributed by atoms with Crippen molar-refractivity contribution in [3.63, 3.8) is 0 Å². The predicted molar refractivity (Wildman–Crippen MR) is 88.3 cm³/mol. The molecule has 0 spiro atoms. The molecule has 0 fully saturated rings. The predicted octanol–water partition coefficient (Wildman–Crippen LogP) is 3.22. The topological polar surface area (TPSA) is 83.8 Å². The molecule has 3 aromatic rings. The number of aryl methyl sites for hydroxylation is 1. The van der Waals surface area contributed by atoms with Gasteiger partial charge in [0.2, 0.25) is 0 Å². The molecule has 0 unspecified atom stereocenters. The minimum atomic E-state index is 0.0891. The van der Waals surface area contributed by atoms with Gasteiger partial charge in [0.15, 0.2) is 5.84 Å². The summed E-state index contributed by atoms with van der Waals surface area (Å²) < 4.78 is 1.99. The Morgan fingerprint density at radius 3 is 2.55 bits per heavy atom. The second-order valence-corrected chi connectivity index (χ2v) is 5.77. The summed E-state index contributed by atoms with van der Waals surface area (Å²) in [5.74, 6) is 0.308. The number of nitrogens with two attached hydrogens (primary N) is 1. The van der Waals surface area contributed by atoms with Gasteiger partial charge in [0.1, 0.15) is 5.75 Å². The van der Waals surface area contributed by atoms with Crippen molar-refractivity contribution in [3.8, 4) is 28.1 Å². The Bertz CT molecular complexity index is 831. The third kappa shape index (κ3) is 2.33. The van der Waals surface area contributed by atoms with Gasteiger partial charge in [-0.05, 0) is 29.8 Å². The average molecular weight is 313 g/mol. The molecule has 4 N–H and O–H groups in total. The van der Waals surface area contributed by atoms with Crippen LogP contribution in [-0.2, 0) is 7.05 Å². The summed E-state index contributed by atoms with van der Waals surface area (Å²) in [6, 6.07) is 10.9. The lowest BCUT2D eigenvalue weighted by atomic mass is 10.00. The maximum Gasteiger partial charge on any atom is 0.180 e. The number of phenols is 1. The number of aromatic nitrogens is 1. The summed E-state index contributed by atoms with van der Waals surface area (Å²) in [5.41, 5.74) is 9.66. The van der Waals surface area contributed by atoms with E-state index in [0.717, 1.165) is 22.4 Å². The minimum Gasteiger partial charge on any atom is -0.508 e. The molecule has 22 heavy (non-hydrogen) atoms. The van der Waals surface area contributed by atoms with Gasteiger partial charge in [-0.15, -0.1) is 11.3 Å². The van der Waals surface area contributed by atoms with Crippen LogP contribution in [-0.4, -0.2) is 20.7 Å². The van der Waals surface area contributed by atoms with Crippen molar-refractivity contribution in [1.29, 1.82) is 0 Å². The van der Waals surface area contributed by atoms with Crippen molar-refractivity contribution in [2.45, 2.75) is 0 Å². The van der Waals surface area contributed by atoms with Crippen molar-refractivity contribution >= 4 is 17.2 Å². The van der Waals surface area contributed by atoms with E-state index in [9.17, 15) is 5.11 Å². The molecule has 0 radical (unpaired) electrons. The first-order chi connectivity index (χ1) is 10.6. The summed E-state index contributed by atoms with van der Waals surface area (Å²) in [5, 5.41) is 23.6. The maximum absolute atomic E-state index is 9.46. The first-order valence-corrected chi connectivity index (χ1v) is 7.50. The van der Waals surface area contributed by atoms with Crippen molar-refractivity contribution in [3.05, 3.63) is 52.9 Å². The molecule has 0 aliphatic carbocycles. The van der Waals surface area contributed by atoms with E-state index >= 15 is 0 Å². The zero-order valence-corrected chi connectivity index (χ0v) is 12.7. The maximum atomic E-state index is 9.46. The normalized spacial score (nSPS) is 11.8. The van der Waals surface area contributed by atoms with Crippen LogP contribution in [0.5, 0.6) is 5.75 Å². The molecule has 2 aromatic heterocycles. The van der Waals surface area contributed by atoms with Crippen LogP contribution in [0.25, 0.3) is 22.4 Å². The van der Waals surface area contributed by atoms with Crippen LogP contribution in [0.4, 0.5) is 0 Å². The smallest absolute Gasteiger partial charge is 0.180 e. The molecule has 0 saturated heterocycles. The number of thiophene rings is 1. The Balaban J connectivity index is 2.26. The first kappa shape index (κ1) is 14.2. The standard InChI is InChI=1S/C16H15N3O2S/c1-19-8-2-3-13(19)14-12(9-22-15(14)16(17)18-21)10-4-6-11(20)7-5-10/h2-9,20-21H,1H3,(H2,17,18). The Morgan fingerprint density at radius 2 is 1.95 bits per heavy atom. The zero-order valence-electron chi connectivity index (χ0n) is 11.9. The van der Waals surface area contributed by atoms with Gasteiger partial charge in [0.05, 0.1) is 4.88 Å². The van der Waals surface area contributed by atoms with Crippen LogP contribution in [0, 0.1) is 0 Å². The molecule has 0 bridgehead atoms. The van der Waals surface area contributed by atoms with Gasteiger partial charge >= 0.3 is 0 Å². The zero-order chi connectivity index (χ0) is 15.7. The van der Waals surface area contributed by atoms with Gasteiger partial charge in [0.25, 0.3) is 0 Å². The Morgan fingerprint density at radius 1 is 1.23 bits per heavy atom. The van der Waals surface area contributed by atoms with Gasteiger partial charge < -0.3 is 20.6 Å². The lowest BCUT2D eigenvalue weighted by Gasteiger charge is -2.09. The van der Waals surface area contributed by atoms with Gasteiger partial charge in [-0.3, -0.25) is 0 Å². The quantitative estimate of drug-likeness (QED) is 0.300. The van der Waals surface area contributed by atoms with Crippen molar-refractivity contribution in [2.24, 2.45) is 17.9 Å². The molecule has 112 valence electrons. The Hall–Kier alpha value is -2.73. The van der Waals surface area contributed by atoms with E-state index in [1.165, 1.54) is 11.3 Å². The van der Waals surface area contributed by atoms with Crippen LogP contribution < -0.4 is 5.73 Å². The van der Waals surface area contributed by atoms with E-state index < -0.39 is 0 Å². The van der Waals surface area contributed by atoms with E-state index in [4.69, 9.17) is 10.9 Å². The molecule has 2 heterocycles. The highest BCUT2D eigenvalue weighted by Crippen LogP contribution is 2.39. The monoisotopic (exact) mass is 313 g/mol. The fraction of sp³-hybridized carbons (Fsp3) is 0.0625. The lowest BCUT2D eigenvalue weighted by molar-refractivity contribution is 0.319. The molecule has 3 rings (SSSR count). The molecule has 0 saturated carbocycles. The van der Waals surface area contributed by atoms with E-state index in [-0.39, 0.29) is 11.6 Å². The van der Waals surface area contributed by atoms with E-state index in [0.29, 0.717) is 4.88 Å². The number of phenolic OH excluding ortho intramolecular Hbond substituents is 1. The first-order valence-electron chi connectivity index (χ1n) is 6.62. The number of amidine groups is 1. The van der Waals surface area contributed by atoms with Crippen molar-refractivity contribution < 1.29 is 10.3 Å². The minimum absolute atomic E-state index is 0.0891. The molecular formula is C16H15N3O2S. The van der Waals surface area contributed by atoms with Crippen LogP contribution in [0.2, 0.25) is 0 Å². The van der Waals surface area contributed by atoms with E-state index in [1.807, 2.05) is 47.5 Å². The average Bonchev–Trinajstić information content (AvgIpc) is 3.13. The Labute approximate surface area is 131 Å². The van der Waals surface area contributed by atoms with Gasteiger partial charge in [-0.1, -0.05) is 17.3 Å². The van der Waals surface area contributed by atoms with Crippen LogP contribution in [0.3, 0.4) is 0 Å². The molecule has 1 aromatic carbocycles. The highest BCUT2D eigenvalue weighted by Gasteiger charge is 2.19. The van der Waals surface area contributed by atoms with Crippen LogP contribution >= 0.6 is 11.3 Å². The van der Waals surface area contributed by atoms with Crippen molar-refractivity contribution in [1.82, 2.24) is 4.57 Å². The fourth-order valence-corrected chi connectivity index (χ4v) is 3.40. The summed E-state index contributed by atoms with van der Waals surface area (Å²) in [6.45, 7) is 0. The third-order valence-corrected chi connectivity index (χ3v) is 4.51. The second-order valence-electron chi connectivity index (χ2n) is 4.89. The Kier molecular flexibility index (Phi) is 3.60. The summed E-state index contributed by atoms with van der Waals surface area (Å²) in [7, 11) is 1.95. The highest BCUT2D eigenvalue weighted by atomic mass is 32.1. The molecular weight excluding hydrogens is 298 g/mol. The second kappa shape index (κ2) is 5.57. The number of hydrogen-bond acceptors (Lipinski definition) is 4. The molecule has 6 heteroatoms. The number of hydrogen-bond donors (Lipinski definition) is 3. The number of benzene rings is 1. The fourth-order valence-electron chi connectivity index (χ4n) is 2.42. The summed E-state index contributed by atoms with van der Waals surface area (Å²) in [6.07, 6.45) is 1.95. The van der Waals surface area contributed by atoms with Gasteiger partial charge in [-0.25, -0.2) is 0 Å². The third-order valence-electron chi connectivity index (χ3n) is 3.51. The highest BCUT2D eigenvalue weighted by molar-refractivity contribution is 7.13. The number of oxime groups is 1. The van der Waals surface area contributed by atoms with Crippen LogP contribution in [0.15, 0.2) is 53.1 Å². The molecule has 0 amide bonds. The van der Waals surface area contributed by atoms with E-state index in [2.05, 4.69) is 5.16 Å². The van der Waals surface area contributed by atoms with Gasteiger partial charge in [0, 0.05) is 35.4 Å². The number of aromatic hydroxyl groups is 1. The molecule has 5 nitrogen and oxygen atoms in total. The van der Waals surface area contributed by atoms with Crippen molar-refractivity contribution in [2.75, 3.05) is 0 Å². The molecule has 0 atom stereocenters. The summed E-state index contributed by atoms with van der Waals surface area (Å²) >= 11 is 1.42. The summed E-state index contributed by atoms with van der Waals surface area (Å²) in [4.78, 5) is 0.715. The van der Waals surface area contributed by atoms with E-state index in [1.54, 1.807) is 12.1 Å². The number of nitrogens with zero attached hydrogens (tertiary/aromatic N) is 2. The molecule has 0 aliphatic rings.